The first kappa shape index (κ1) is 5.45. The molecule has 2 rings (SSSR count). The summed E-state index contributed by atoms with van der Waals surface area (Å²) in [7, 11) is -1.31. The fraction of sp³-hybridized carbons (Fsp3) is 0.750. The van der Waals surface area contributed by atoms with Crippen molar-refractivity contribution in [3.8, 4) is 0 Å². The third-order valence-corrected chi connectivity index (χ3v) is 3.38. The van der Waals surface area contributed by atoms with Crippen molar-refractivity contribution >= 4 is 12.7 Å². The highest BCUT2D eigenvalue weighted by atomic mass is 16.7. The topological polar surface area (TPSA) is 36.3 Å². The summed E-state index contributed by atoms with van der Waals surface area (Å²) < 4.78 is 80.6. The summed E-state index contributed by atoms with van der Waals surface area (Å²) in [6.07, 6.45) is 0. The number of nitrogens with zero attached hydrogens (tertiary/aromatic N) is 2. The van der Waals surface area contributed by atoms with Crippen LogP contribution in [0.15, 0.2) is 0 Å². The van der Waals surface area contributed by atoms with E-state index in [4.69, 9.17) is 21.6 Å². The average molecular weight is 245 g/mol. The Balaban J connectivity index is 2.78. The molecule has 94 valence electrons. The van der Waals surface area contributed by atoms with Crippen LogP contribution in [-0.2, 0) is 16.3 Å². The van der Waals surface area contributed by atoms with Gasteiger partial charge in [-0.2, -0.15) is 0 Å². The van der Waals surface area contributed by atoms with Crippen molar-refractivity contribution < 1.29 is 21.6 Å². The molecule has 2 heterocycles. The van der Waals surface area contributed by atoms with E-state index in [9.17, 15) is 0 Å². The predicted molar refractivity (Wildman–Crippen MR) is 68.4 cm³/mol. The second kappa shape index (κ2) is 3.59. The van der Waals surface area contributed by atoms with Gasteiger partial charge in [-0.05, 0) is 41.4 Å². The van der Waals surface area contributed by atoms with Crippen LogP contribution < -0.4 is 5.59 Å². The van der Waals surface area contributed by atoms with Crippen LogP contribution in [0.3, 0.4) is 0 Å². The van der Waals surface area contributed by atoms with Crippen LogP contribution in [0.4, 0.5) is 0 Å². The molecule has 0 atom stereocenters. The van der Waals surface area contributed by atoms with Gasteiger partial charge in [-0.15, -0.1) is 0 Å². The van der Waals surface area contributed by atoms with Gasteiger partial charge in [-0.1, -0.05) is 0 Å². The SMILES string of the molecule is [2H]C([2H])([2H])c1nc(B2OC(C)(C)C(C)(C)O2)c(C([2H])([2H])[2H])n1C([2H])([2H])[2H]. The van der Waals surface area contributed by atoms with Crippen molar-refractivity contribution in [2.24, 2.45) is 6.98 Å². The minimum absolute atomic E-state index is 0.285. The second-order valence-corrected chi connectivity index (χ2v) is 5.09. The van der Waals surface area contributed by atoms with E-state index >= 15 is 0 Å². The van der Waals surface area contributed by atoms with Crippen LogP contribution in [0.2, 0.25) is 0 Å². The van der Waals surface area contributed by atoms with Crippen molar-refractivity contribution in [2.75, 3.05) is 0 Å². The van der Waals surface area contributed by atoms with Gasteiger partial charge in [0.1, 0.15) is 5.82 Å². The van der Waals surface area contributed by atoms with E-state index in [0.29, 0.717) is 0 Å². The van der Waals surface area contributed by atoms with E-state index in [0.717, 1.165) is 0 Å². The quantitative estimate of drug-likeness (QED) is 0.700. The highest BCUT2D eigenvalue weighted by Gasteiger charge is 2.53. The highest BCUT2D eigenvalue weighted by molar-refractivity contribution is 6.61. The van der Waals surface area contributed by atoms with Crippen molar-refractivity contribution in [1.29, 1.82) is 0 Å². The first-order chi connectivity index (χ1) is 11.3. The minimum atomic E-state index is -3.05. The van der Waals surface area contributed by atoms with E-state index < -0.39 is 50.5 Å². The van der Waals surface area contributed by atoms with Crippen LogP contribution >= 0.6 is 0 Å². The molecule has 17 heavy (non-hydrogen) atoms. The molecule has 0 radical (unpaired) electrons. The maximum absolute atomic E-state index is 7.74. The molecule has 0 aliphatic carbocycles. The fourth-order valence-electron chi connectivity index (χ4n) is 1.56. The Bertz CT molecular complexity index is 687. The molecule has 0 amide bonds. The lowest BCUT2D eigenvalue weighted by Gasteiger charge is -2.32. The Hall–Kier alpha value is -0.805. The Kier molecular flexibility index (Phi) is 1.15. The molecule has 4 nitrogen and oxygen atoms in total. The van der Waals surface area contributed by atoms with Crippen LogP contribution in [0.25, 0.3) is 0 Å². The monoisotopic (exact) mass is 245 g/mol. The predicted octanol–water partition coefficient (Wildman–Crippen LogP) is 1.34. The first-order valence-corrected chi connectivity index (χ1v) is 5.29. The molecular weight excluding hydrogens is 215 g/mol. The summed E-state index contributed by atoms with van der Waals surface area (Å²) in [5.74, 6) is -0.840. The van der Waals surface area contributed by atoms with Gasteiger partial charge in [-0.3, -0.25) is 0 Å². The molecule has 1 aliphatic rings. The highest BCUT2D eigenvalue weighted by Crippen LogP contribution is 2.36. The Morgan fingerprint density at radius 2 is 1.82 bits per heavy atom. The molecule has 0 aromatic carbocycles. The van der Waals surface area contributed by atoms with Gasteiger partial charge in [-0.25, -0.2) is 4.98 Å². The Morgan fingerprint density at radius 1 is 1.18 bits per heavy atom. The Labute approximate surface area is 116 Å². The third kappa shape index (κ3) is 1.81. The van der Waals surface area contributed by atoms with Crippen LogP contribution in [0.1, 0.15) is 51.6 Å². The molecule has 0 spiro atoms. The number of aromatic nitrogens is 2. The van der Waals surface area contributed by atoms with Crippen molar-refractivity contribution in [3.05, 3.63) is 11.5 Å². The van der Waals surface area contributed by atoms with Gasteiger partial charge in [0.15, 0.2) is 0 Å². The minimum Gasteiger partial charge on any atom is -0.398 e. The van der Waals surface area contributed by atoms with Gasteiger partial charge >= 0.3 is 7.12 Å². The van der Waals surface area contributed by atoms with Gasteiger partial charge in [0.2, 0.25) is 0 Å². The molecular formula is C12H21BN2O2. The van der Waals surface area contributed by atoms with Crippen molar-refractivity contribution in [2.45, 2.75) is 52.6 Å². The fourth-order valence-corrected chi connectivity index (χ4v) is 1.56. The molecule has 0 N–H and O–H groups in total. The molecule has 1 aliphatic heterocycles. The summed E-state index contributed by atoms with van der Waals surface area (Å²) in [6, 6.07) is 0. The molecule has 5 heteroatoms. The van der Waals surface area contributed by atoms with E-state index in [-0.39, 0.29) is 10.2 Å². The van der Waals surface area contributed by atoms with E-state index in [1.165, 1.54) is 0 Å². The maximum Gasteiger partial charge on any atom is 0.516 e. The zero-order valence-electron chi connectivity index (χ0n) is 19.3. The molecule has 0 saturated carbocycles. The van der Waals surface area contributed by atoms with Gasteiger partial charge in [0, 0.05) is 25.0 Å². The lowest BCUT2D eigenvalue weighted by Crippen LogP contribution is -2.41. The van der Waals surface area contributed by atoms with E-state index in [2.05, 4.69) is 4.98 Å². The first-order valence-electron chi connectivity index (χ1n) is 9.79. The van der Waals surface area contributed by atoms with Gasteiger partial charge in [0.05, 0.1) is 16.8 Å². The van der Waals surface area contributed by atoms with E-state index in [1.807, 2.05) is 0 Å². The van der Waals surface area contributed by atoms with Crippen molar-refractivity contribution in [1.82, 2.24) is 9.55 Å². The lowest BCUT2D eigenvalue weighted by atomic mass is 9.83. The summed E-state index contributed by atoms with van der Waals surface area (Å²) in [4.78, 5) is 3.86. The molecule has 1 aromatic rings. The molecule has 0 unspecified atom stereocenters. The number of imidazole rings is 1. The number of aryl methyl sites for hydroxylation is 1. The summed E-state index contributed by atoms with van der Waals surface area (Å²) in [5, 5.41) is 0. The summed E-state index contributed by atoms with van der Waals surface area (Å²) in [5.41, 5.74) is -2.76. The van der Waals surface area contributed by atoms with Gasteiger partial charge < -0.3 is 13.9 Å². The maximum atomic E-state index is 7.74. The normalized spacial score (nSPS) is 32.2. The average Bonchev–Trinajstić information content (AvgIpc) is 2.84. The van der Waals surface area contributed by atoms with Crippen LogP contribution in [0, 0.1) is 13.7 Å². The molecule has 0 bridgehead atoms. The zero-order valence-corrected chi connectivity index (χ0v) is 10.3. The van der Waals surface area contributed by atoms with Crippen LogP contribution in [-0.4, -0.2) is 27.9 Å². The molecule has 1 fully saturated rings. The standard InChI is InChI=1S/C12H21BN2O2/c1-8-10(14-9(2)15(8)7)13-16-11(3,4)12(5,6)17-13/h1-7H3/i1D3,2D3,7D3. The molecule has 1 aromatic heterocycles. The largest absolute Gasteiger partial charge is 0.516 e. The number of hydrogen-bond acceptors (Lipinski definition) is 3. The second-order valence-electron chi connectivity index (χ2n) is 5.09. The lowest BCUT2D eigenvalue weighted by molar-refractivity contribution is 0.00578. The summed E-state index contributed by atoms with van der Waals surface area (Å²) in [6.45, 7) is -2.01. The zero-order chi connectivity index (χ0) is 20.5. The van der Waals surface area contributed by atoms with E-state index in [1.54, 1.807) is 27.7 Å². The van der Waals surface area contributed by atoms with Gasteiger partial charge in [0.25, 0.3) is 0 Å². The van der Waals surface area contributed by atoms with Crippen molar-refractivity contribution in [3.63, 3.8) is 0 Å². The smallest absolute Gasteiger partial charge is 0.398 e. The number of hydrogen-bond donors (Lipinski definition) is 0. The number of rotatable bonds is 1. The third-order valence-electron chi connectivity index (χ3n) is 3.38. The van der Waals surface area contributed by atoms with Crippen LogP contribution in [0.5, 0.6) is 0 Å². The Morgan fingerprint density at radius 3 is 2.29 bits per heavy atom. The summed E-state index contributed by atoms with van der Waals surface area (Å²) >= 11 is 0. The molecule has 1 saturated heterocycles.